The number of anilines is 1. The summed E-state index contributed by atoms with van der Waals surface area (Å²) in [7, 11) is 0. The van der Waals surface area contributed by atoms with Crippen molar-refractivity contribution in [1.82, 2.24) is 5.32 Å². The van der Waals surface area contributed by atoms with E-state index in [9.17, 15) is 9.59 Å². The van der Waals surface area contributed by atoms with Gasteiger partial charge in [0.25, 0.3) is 11.8 Å². The summed E-state index contributed by atoms with van der Waals surface area (Å²) >= 11 is 0. The van der Waals surface area contributed by atoms with E-state index in [0.717, 1.165) is 5.69 Å². The third-order valence-electron chi connectivity index (χ3n) is 4.05. The maximum Gasteiger partial charge on any atom is 0.259 e. The van der Waals surface area contributed by atoms with Crippen molar-refractivity contribution in [3.8, 4) is 0 Å². The molecule has 0 saturated carbocycles. The Morgan fingerprint density at radius 2 is 1.55 bits per heavy atom. The molecule has 2 amide bonds. The van der Waals surface area contributed by atoms with Gasteiger partial charge in [0.2, 0.25) is 0 Å². The molecule has 0 aliphatic carbocycles. The lowest BCUT2D eigenvalue weighted by atomic mass is 9.99. The lowest BCUT2D eigenvalue weighted by Gasteiger charge is -2.13. The van der Waals surface area contributed by atoms with Crippen LogP contribution in [-0.2, 0) is 6.54 Å². The molecule has 0 bridgehead atoms. The highest BCUT2D eigenvalue weighted by Gasteiger charge is 2.26. The number of benzene rings is 2. The summed E-state index contributed by atoms with van der Waals surface area (Å²) < 4.78 is 0. The Balaban J connectivity index is 1.83. The molecule has 1 aliphatic rings. The zero-order chi connectivity index (χ0) is 15.9. The van der Waals surface area contributed by atoms with Crippen molar-refractivity contribution in [2.45, 2.75) is 27.3 Å². The fourth-order valence-electron chi connectivity index (χ4n) is 2.96. The van der Waals surface area contributed by atoms with E-state index in [0.29, 0.717) is 17.7 Å². The smallest absolute Gasteiger partial charge is 0.259 e. The van der Waals surface area contributed by atoms with Gasteiger partial charge in [0.1, 0.15) is 0 Å². The molecule has 2 N–H and O–H groups in total. The highest BCUT2D eigenvalue weighted by Crippen LogP contribution is 2.22. The van der Waals surface area contributed by atoms with Crippen LogP contribution in [0.15, 0.2) is 30.3 Å². The topological polar surface area (TPSA) is 58.2 Å². The van der Waals surface area contributed by atoms with Crippen molar-refractivity contribution < 1.29 is 9.59 Å². The van der Waals surface area contributed by atoms with E-state index < -0.39 is 0 Å². The molecule has 3 rings (SSSR count). The Labute approximate surface area is 129 Å². The van der Waals surface area contributed by atoms with Crippen molar-refractivity contribution in [1.29, 1.82) is 0 Å². The van der Waals surface area contributed by atoms with Crippen LogP contribution in [0.3, 0.4) is 0 Å². The van der Waals surface area contributed by atoms with Gasteiger partial charge in [-0.2, -0.15) is 0 Å². The fraction of sp³-hybridized carbons (Fsp3) is 0.222. The van der Waals surface area contributed by atoms with E-state index in [1.807, 2.05) is 6.07 Å². The predicted octanol–water partition coefficient (Wildman–Crippen LogP) is 3.11. The minimum absolute atomic E-state index is 0.322. The largest absolute Gasteiger partial charge is 0.381 e. The van der Waals surface area contributed by atoms with E-state index in [2.05, 4.69) is 43.5 Å². The monoisotopic (exact) mass is 294 g/mol. The third kappa shape index (κ3) is 2.48. The number of aryl methyl sites for hydroxylation is 3. The van der Waals surface area contributed by atoms with Crippen molar-refractivity contribution in [2.24, 2.45) is 0 Å². The van der Waals surface area contributed by atoms with E-state index in [4.69, 9.17) is 0 Å². The van der Waals surface area contributed by atoms with Gasteiger partial charge in [-0.1, -0.05) is 17.7 Å². The number of hydrogen-bond donors (Lipinski definition) is 2. The molecule has 4 heteroatoms. The Morgan fingerprint density at radius 1 is 0.909 bits per heavy atom. The number of amides is 2. The molecule has 0 fully saturated rings. The molecule has 22 heavy (non-hydrogen) atoms. The Hall–Kier alpha value is -2.62. The molecule has 1 aliphatic heterocycles. The van der Waals surface area contributed by atoms with E-state index in [1.165, 1.54) is 22.3 Å². The first-order valence-corrected chi connectivity index (χ1v) is 7.26. The van der Waals surface area contributed by atoms with Crippen LogP contribution < -0.4 is 10.6 Å². The molecular weight excluding hydrogens is 276 g/mol. The summed E-state index contributed by atoms with van der Waals surface area (Å²) in [5.41, 5.74) is 6.73. The number of fused-ring (bicyclic) bond motifs is 1. The molecule has 0 saturated heterocycles. The first-order chi connectivity index (χ1) is 10.5. The summed E-state index contributed by atoms with van der Waals surface area (Å²) in [5.74, 6) is -0.650. The number of hydrogen-bond acceptors (Lipinski definition) is 3. The molecule has 0 spiro atoms. The Kier molecular flexibility index (Phi) is 3.45. The molecule has 0 aromatic heterocycles. The van der Waals surface area contributed by atoms with Crippen LogP contribution in [0, 0.1) is 20.8 Å². The lowest BCUT2D eigenvalue weighted by molar-refractivity contribution is 0.0879. The van der Waals surface area contributed by atoms with Crippen LogP contribution in [0.2, 0.25) is 0 Å². The van der Waals surface area contributed by atoms with E-state index in [-0.39, 0.29) is 11.8 Å². The van der Waals surface area contributed by atoms with Crippen LogP contribution in [-0.4, -0.2) is 11.8 Å². The SMILES string of the molecule is Cc1cc(C)c(CNc2ccc3c(c2)C(=O)NC3=O)c(C)c1. The Morgan fingerprint density at radius 3 is 2.23 bits per heavy atom. The molecule has 0 atom stereocenters. The zero-order valence-electron chi connectivity index (χ0n) is 12.9. The van der Waals surface area contributed by atoms with Gasteiger partial charge in [-0.3, -0.25) is 14.9 Å². The highest BCUT2D eigenvalue weighted by atomic mass is 16.2. The second-order valence-electron chi connectivity index (χ2n) is 5.77. The normalized spacial score (nSPS) is 13.0. The van der Waals surface area contributed by atoms with Gasteiger partial charge in [-0.05, 0) is 55.7 Å². The van der Waals surface area contributed by atoms with Crippen molar-refractivity contribution in [2.75, 3.05) is 5.32 Å². The fourth-order valence-corrected chi connectivity index (χ4v) is 2.96. The zero-order valence-corrected chi connectivity index (χ0v) is 12.9. The average Bonchev–Trinajstić information content (AvgIpc) is 2.72. The second-order valence-corrected chi connectivity index (χ2v) is 5.77. The molecule has 0 unspecified atom stereocenters. The molecule has 1 heterocycles. The summed E-state index contributed by atoms with van der Waals surface area (Å²) in [6.07, 6.45) is 0. The van der Waals surface area contributed by atoms with E-state index in [1.54, 1.807) is 12.1 Å². The number of imide groups is 1. The van der Waals surface area contributed by atoms with Crippen molar-refractivity contribution >= 4 is 17.5 Å². The number of carbonyl (C=O) groups excluding carboxylic acids is 2. The summed E-state index contributed by atoms with van der Waals surface area (Å²) in [4.78, 5) is 23.2. The minimum Gasteiger partial charge on any atom is -0.381 e. The summed E-state index contributed by atoms with van der Waals surface area (Å²) in [6.45, 7) is 6.98. The maximum atomic E-state index is 11.7. The molecule has 4 nitrogen and oxygen atoms in total. The van der Waals surface area contributed by atoms with Crippen LogP contribution in [0.1, 0.15) is 43.0 Å². The summed E-state index contributed by atoms with van der Waals surface area (Å²) in [6, 6.07) is 9.58. The van der Waals surface area contributed by atoms with E-state index >= 15 is 0 Å². The van der Waals surface area contributed by atoms with Gasteiger partial charge < -0.3 is 5.32 Å². The van der Waals surface area contributed by atoms with Crippen molar-refractivity contribution in [3.05, 3.63) is 63.7 Å². The van der Waals surface area contributed by atoms with Crippen molar-refractivity contribution in [3.63, 3.8) is 0 Å². The molecule has 112 valence electrons. The summed E-state index contributed by atoms with van der Waals surface area (Å²) in [5, 5.41) is 5.64. The second kappa shape index (κ2) is 5.30. The predicted molar refractivity (Wildman–Crippen MR) is 86.2 cm³/mol. The van der Waals surface area contributed by atoms with Gasteiger partial charge in [0.15, 0.2) is 0 Å². The van der Waals surface area contributed by atoms with Crippen LogP contribution in [0.25, 0.3) is 0 Å². The minimum atomic E-state index is -0.327. The quantitative estimate of drug-likeness (QED) is 0.855. The number of carbonyl (C=O) groups is 2. The van der Waals surface area contributed by atoms with Crippen LogP contribution in [0.4, 0.5) is 5.69 Å². The molecule has 2 aromatic carbocycles. The van der Waals surface area contributed by atoms with Gasteiger partial charge in [0, 0.05) is 12.2 Å². The first-order valence-electron chi connectivity index (χ1n) is 7.26. The Bertz CT molecular complexity index is 771. The average molecular weight is 294 g/mol. The molecular formula is C18H18N2O2. The number of rotatable bonds is 3. The van der Waals surface area contributed by atoms with Gasteiger partial charge in [-0.25, -0.2) is 0 Å². The van der Waals surface area contributed by atoms with Gasteiger partial charge in [0.05, 0.1) is 11.1 Å². The van der Waals surface area contributed by atoms with Crippen LogP contribution >= 0.6 is 0 Å². The standard InChI is InChI=1S/C18H18N2O2/c1-10-6-11(2)16(12(3)7-10)9-19-13-4-5-14-15(8-13)18(22)20-17(14)21/h4-8,19H,9H2,1-3H3,(H,20,21,22). The maximum absolute atomic E-state index is 11.7. The highest BCUT2D eigenvalue weighted by molar-refractivity contribution is 6.21. The third-order valence-corrected chi connectivity index (χ3v) is 4.05. The first kappa shape index (κ1) is 14.3. The number of nitrogens with one attached hydrogen (secondary N) is 2. The van der Waals surface area contributed by atoms with Crippen LogP contribution in [0.5, 0.6) is 0 Å². The molecule has 0 radical (unpaired) electrons. The lowest BCUT2D eigenvalue weighted by Crippen LogP contribution is -2.19. The van der Waals surface area contributed by atoms with Gasteiger partial charge in [-0.15, -0.1) is 0 Å². The molecule has 2 aromatic rings. The van der Waals surface area contributed by atoms with Gasteiger partial charge >= 0.3 is 0 Å².